The SMILES string of the molecule is COc1nc2nc(C)nc(N[C@H](C)c3cccc(C)c3F)c2cc1N1CCN(C(C)C)CC1. The number of hydrogen-bond donors (Lipinski definition) is 1. The molecule has 0 radical (unpaired) electrons. The Hall–Kier alpha value is -3.00. The number of anilines is 2. The summed E-state index contributed by atoms with van der Waals surface area (Å²) in [6, 6.07) is 7.75. The van der Waals surface area contributed by atoms with Crippen LogP contribution < -0.4 is 15.0 Å². The molecule has 33 heavy (non-hydrogen) atoms. The lowest BCUT2D eigenvalue weighted by atomic mass is 10.0. The van der Waals surface area contributed by atoms with Gasteiger partial charge in [0.25, 0.3) is 0 Å². The number of pyridine rings is 1. The quantitative estimate of drug-likeness (QED) is 0.591. The number of methoxy groups -OCH3 is 1. The molecule has 2 aromatic heterocycles. The molecule has 1 fully saturated rings. The number of benzene rings is 1. The molecule has 1 aliphatic rings. The number of ether oxygens (including phenoxy) is 1. The summed E-state index contributed by atoms with van der Waals surface area (Å²) in [4.78, 5) is 18.7. The molecule has 176 valence electrons. The monoisotopic (exact) mass is 452 g/mol. The molecule has 7 nitrogen and oxygen atoms in total. The van der Waals surface area contributed by atoms with E-state index >= 15 is 0 Å². The molecule has 0 aliphatic carbocycles. The number of aromatic nitrogens is 3. The highest BCUT2D eigenvalue weighted by molar-refractivity contribution is 5.90. The number of fused-ring (bicyclic) bond motifs is 1. The summed E-state index contributed by atoms with van der Waals surface area (Å²) in [6.07, 6.45) is 0. The van der Waals surface area contributed by atoms with Crippen LogP contribution in [0, 0.1) is 19.7 Å². The van der Waals surface area contributed by atoms with Crippen molar-refractivity contribution in [2.45, 2.75) is 46.7 Å². The Morgan fingerprint density at radius 1 is 1.03 bits per heavy atom. The first-order valence-electron chi connectivity index (χ1n) is 11.5. The molecule has 1 N–H and O–H groups in total. The molecule has 0 bridgehead atoms. The predicted octanol–water partition coefficient (Wildman–Crippen LogP) is 4.49. The van der Waals surface area contributed by atoms with Gasteiger partial charge < -0.3 is 15.0 Å². The Morgan fingerprint density at radius 3 is 2.42 bits per heavy atom. The lowest BCUT2D eigenvalue weighted by Crippen LogP contribution is -2.49. The number of aryl methyl sites for hydroxylation is 2. The third-order valence-corrected chi connectivity index (χ3v) is 6.36. The van der Waals surface area contributed by atoms with Crippen LogP contribution in [0.3, 0.4) is 0 Å². The fraction of sp³-hybridized carbons (Fsp3) is 0.480. The molecular formula is C25H33FN6O. The topological polar surface area (TPSA) is 66.4 Å². The van der Waals surface area contributed by atoms with Gasteiger partial charge in [0.1, 0.15) is 23.1 Å². The number of rotatable bonds is 6. The summed E-state index contributed by atoms with van der Waals surface area (Å²) in [7, 11) is 1.64. The molecule has 1 aliphatic heterocycles. The van der Waals surface area contributed by atoms with Crippen molar-refractivity contribution in [3.8, 4) is 5.88 Å². The van der Waals surface area contributed by atoms with E-state index < -0.39 is 0 Å². The number of hydrogen-bond acceptors (Lipinski definition) is 7. The van der Waals surface area contributed by atoms with Gasteiger partial charge in [-0.05, 0) is 46.2 Å². The van der Waals surface area contributed by atoms with E-state index in [0.29, 0.717) is 40.3 Å². The van der Waals surface area contributed by atoms with Crippen LogP contribution in [0.1, 0.15) is 43.8 Å². The van der Waals surface area contributed by atoms with Crippen molar-refractivity contribution < 1.29 is 9.13 Å². The average Bonchev–Trinajstić information content (AvgIpc) is 2.80. The van der Waals surface area contributed by atoms with Crippen LogP contribution in [0.5, 0.6) is 5.88 Å². The van der Waals surface area contributed by atoms with Gasteiger partial charge in [0, 0.05) is 37.8 Å². The standard InChI is InChI=1S/C25H33FN6O/c1-15(2)31-10-12-32(13-11-31)21-14-20-23(28-18(5)29-24(20)30-25(21)33-6)27-17(4)19-9-7-8-16(3)22(19)26/h7-9,14-15,17H,10-13H2,1-6H3,(H,27,28,29,30)/t17-/m1/s1. The average molecular weight is 453 g/mol. The van der Waals surface area contributed by atoms with Crippen LogP contribution >= 0.6 is 0 Å². The first kappa shape index (κ1) is 23.2. The van der Waals surface area contributed by atoms with Gasteiger partial charge in [-0.3, -0.25) is 4.90 Å². The maximum atomic E-state index is 14.7. The van der Waals surface area contributed by atoms with Crippen molar-refractivity contribution in [2.75, 3.05) is 43.5 Å². The van der Waals surface area contributed by atoms with Gasteiger partial charge in [0.15, 0.2) is 5.65 Å². The second-order valence-corrected chi connectivity index (χ2v) is 8.97. The molecule has 0 saturated carbocycles. The van der Waals surface area contributed by atoms with Crippen LogP contribution in [0.4, 0.5) is 15.9 Å². The maximum Gasteiger partial charge on any atom is 0.239 e. The van der Waals surface area contributed by atoms with Crippen molar-refractivity contribution in [2.24, 2.45) is 0 Å². The molecule has 0 unspecified atom stereocenters. The van der Waals surface area contributed by atoms with E-state index in [1.807, 2.05) is 26.0 Å². The molecule has 8 heteroatoms. The van der Waals surface area contributed by atoms with Crippen LogP contribution in [-0.4, -0.2) is 59.2 Å². The molecule has 3 heterocycles. The Bertz CT molecular complexity index is 1140. The first-order chi connectivity index (χ1) is 15.8. The van der Waals surface area contributed by atoms with Gasteiger partial charge in [0.05, 0.1) is 18.5 Å². The summed E-state index contributed by atoms with van der Waals surface area (Å²) >= 11 is 0. The van der Waals surface area contributed by atoms with E-state index in [1.165, 1.54) is 0 Å². The minimum absolute atomic E-state index is 0.198. The Morgan fingerprint density at radius 2 is 1.76 bits per heavy atom. The molecule has 0 spiro atoms. The smallest absolute Gasteiger partial charge is 0.239 e. The van der Waals surface area contributed by atoms with Crippen molar-refractivity contribution in [3.05, 3.63) is 47.0 Å². The minimum atomic E-state index is -0.275. The molecule has 4 rings (SSSR count). The lowest BCUT2D eigenvalue weighted by Gasteiger charge is -2.38. The van der Waals surface area contributed by atoms with Crippen molar-refractivity contribution >= 4 is 22.5 Å². The third-order valence-electron chi connectivity index (χ3n) is 6.36. The highest BCUT2D eigenvalue weighted by Gasteiger charge is 2.24. The van der Waals surface area contributed by atoms with Crippen LogP contribution in [0.15, 0.2) is 24.3 Å². The number of piperazine rings is 1. The molecule has 0 amide bonds. The highest BCUT2D eigenvalue weighted by Crippen LogP contribution is 2.34. The summed E-state index contributed by atoms with van der Waals surface area (Å²) in [5.74, 6) is 1.59. The fourth-order valence-electron chi connectivity index (χ4n) is 4.39. The maximum absolute atomic E-state index is 14.7. The van der Waals surface area contributed by atoms with E-state index in [0.717, 1.165) is 37.3 Å². The summed E-state index contributed by atoms with van der Waals surface area (Å²) in [5.41, 5.74) is 2.71. The zero-order chi connectivity index (χ0) is 23.7. The van der Waals surface area contributed by atoms with Crippen LogP contribution in [-0.2, 0) is 0 Å². The largest absolute Gasteiger partial charge is 0.479 e. The van der Waals surface area contributed by atoms with E-state index in [2.05, 4.69) is 38.9 Å². The van der Waals surface area contributed by atoms with Crippen LogP contribution in [0.2, 0.25) is 0 Å². The van der Waals surface area contributed by atoms with Crippen molar-refractivity contribution in [1.82, 2.24) is 19.9 Å². The molecule has 1 aromatic carbocycles. The van der Waals surface area contributed by atoms with Gasteiger partial charge in [-0.1, -0.05) is 18.2 Å². The van der Waals surface area contributed by atoms with Gasteiger partial charge in [0.2, 0.25) is 5.88 Å². The van der Waals surface area contributed by atoms with Gasteiger partial charge in [-0.15, -0.1) is 0 Å². The second kappa shape index (κ2) is 9.47. The summed E-state index contributed by atoms with van der Waals surface area (Å²) in [5, 5.41) is 4.20. The van der Waals surface area contributed by atoms with E-state index in [4.69, 9.17) is 9.72 Å². The minimum Gasteiger partial charge on any atom is -0.479 e. The zero-order valence-electron chi connectivity index (χ0n) is 20.3. The van der Waals surface area contributed by atoms with Crippen molar-refractivity contribution in [3.63, 3.8) is 0 Å². The van der Waals surface area contributed by atoms with Crippen molar-refractivity contribution in [1.29, 1.82) is 0 Å². The number of nitrogens with one attached hydrogen (secondary N) is 1. The molecular weight excluding hydrogens is 419 g/mol. The van der Waals surface area contributed by atoms with Crippen LogP contribution in [0.25, 0.3) is 11.0 Å². The summed E-state index contributed by atoms with van der Waals surface area (Å²) < 4.78 is 20.4. The Kier molecular flexibility index (Phi) is 6.65. The Labute approximate surface area is 195 Å². The molecule has 1 saturated heterocycles. The highest BCUT2D eigenvalue weighted by atomic mass is 19.1. The second-order valence-electron chi connectivity index (χ2n) is 8.97. The predicted molar refractivity (Wildman–Crippen MR) is 131 cm³/mol. The first-order valence-corrected chi connectivity index (χ1v) is 11.5. The third kappa shape index (κ3) is 4.71. The summed E-state index contributed by atoms with van der Waals surface area (Å²) in [6.45, 7) is 13.7. The molecule has 3 aromatic rings. The fourth-order valence-corrected chi connectivity index (χ4v) is 4.39. The number of halogens is 1. The van der Waals surface area contributed by atoms with E-state index in [1.54, 1.807) is 26.2 Å². The lowest BCUT2D eigenvalue weighted by molar-refractivity contribution is 0.209. The van der Waals surface area contributed by atoms with Gasteiger partial charge in [-0.2, -0.15) is 4.98 Å². The van der Waals surface area contributed by atoms with Gasteiger partial charge in [-0.25, -0.2) is 14.4 Å². The number of nitrogens with zero attached hydrogens (tertiary/aromatic N) is 5. The normalized spacial score (nSPS) is 15.8. The molecule has 1 atom stereocenters. The zero-order valence-corrected chi connectivity index (χ0v) is 20.3. The Balaban J connectivity index is 1.71. The van der Waals surface area contributed by atoms with E-state index in [9.17, 15) is 4.39 Å². The van der Waals surface area contributed by atoms with Gasteiger partial charge >= 0.3 is 0 Å². The van der Waals surface area contributed by atoms with E-state index in [-0.39, 0.29) is 11.9 Å².